The van der Waals surface area contributed by atoms with Crippen molar-refractivity contribution in [3.8, 4) is 0 Å². The van der Waals surface area contributed by atoms with Crippen LogP contribution in [0.3, 0.4) is 0 Å². The van der Waals surface area contributed by atoms with Crippen LogP contribution in [0.25, 0.3) is 5.70 Å². The molecule has 0 fully saturated rings. The van der Waals surface area contributed by atoms with E-state index in [1.807, 2.05) is 61.5 Å². The first kappa shape index (κ1) is 22.2. The molecular formula is C26H23N3O3S. The minimum Gasteiger partial charge on any atom is -0.465 e. The molecule has 166 valence electrons. The fourth-order valence-corrected chi connectivity index (χ4v) is 3.88. The summed E-state index contributed by atoms with van der Waals surface area (Å²) < 4.78 is 4.79. The van der Waals surface area contributed by atoms with E-state index in [0.29, 0.717) is 27.6 Å². The van der Waals surface area contributed by atoms with Gasteiger partial charge in [-0.1, -0.05) is 60.2 Å². The first-order valence-corrected chi connectivity index (χ1v) is 10.8. The number of hydrogen-bond acceptors (Lipinski definition) is 4. The van der Waals surface area contributed by atoms with E-state index >= 15 is 0 Å². The topological polar surface area (TPSA) is 79.5 Å². The van der Waals surface area contributed by atoms with Gasteiger partial charge in [0.2, 0.25) is 0 Å². The Balaban J connectivity index is 1.79. The molecule has 1 aliphatic rings. The number of anilines is 1. The Kier molecular flexibility index (Phi) is 6.51. The van der Waals surface area contributed by atoms with E-state index in [-0.39, 0.29) is 5.91 Å². The summed E-state index contributed by atoms with van der Waals surface area (Å²) in [4.78, 5) is 25.4. The van der Waals surface area contributed by atoms with Gasteiger partial charge in [-0.15, -0.1) is 0 Å². The maximum atomic E-state index is 13.6. The number of aryl methyl sites for hydroxylation is 1. The number of carbonyl (C=O) groups is 2. The van der Waals surface area contributed by atoms with Crippen molar-refractivity contribution in [1.29, 1.82) is 0 Å². The van der Waals surface area contributed by atoms with Crippen LogP contribution in [0.2, 0.25) is 0 Å². The summed E-state index contributed by atoms with van der Waals surface area (Å²) in [6.07, 6.45) is 0. The van der Waals surface area contributed by atoms with Crippen LogP contribution in [0.1, 0.15) is 33.1 Å². The predicted molar refractivity (Wildman–Crippen MR) is 133 cm³/mol. The number of esters is 1. The normalized spacial score (nSPS) is 15.3. The van der Waals surface area contributed by atoms with Crippen LogP contribution in [-0.2, 0) is 9.53 Å². The Morgan fingerprint density at radius 3 is 2.24 bits per heavy atom. The maximum Gasteiger partial charge on any atom is 0.337 e. The Bertz CT molecular complexity index is 1220. The summed E-state index contributed by atoms with van der Waals surface area (Å²) in [6.45, 7) is 1.99. The van der Waals surface area contributed by atoms with Gasteiger partial charge in [-0.05, 0) is 54.5 Å². The number of ether oxygens (including phenoxy) is 1. The lowest BCUT2D eigenvalue weighted by atomic mass is 9.91. The van der Waals surface area contributed by atoms with Gasteiger partial charge in [-0.25, -0.2) is 4.79 Å². The van der Waals surface area contributed by atoms with Crippen molar-refractivity contribution in [3.05, 3.63) is 107 Å². The first-order chi connectivity index (χ1) is 16.0. The molecule has 3 aromatic carbocycles. The van der Waals surface area contributed by atoms with Gasteiger partial charge in [0, 0.05) is 5.69 Å². The second-order valence-electron chi connectivity index (χ2n) is 7.62. The molecule has 0 radical (unpaired) electrons. The molecule has 6 nitrogen and oxygen atoms in total. The molecule has 0 spiro atoms. The molecule has 1 amide bonds. The number of amides is 1. The summed E-state index contributed by atoms with van der Waals surface area (Å²) in [5.74, 6) is -0.685. The molecule has 3 N–H and O–H groups in total. The Hall–Kier alpha value is -3.97. The van der Waals surface area contributed by atoms with Crippen molar-refractivity contribution in [2.24, 2.45) is 0 Å². The van der Waals surface area contributed by atoms with Crippen LogP contribution in [0.4, 0.5) is 5.69 Å². The molecule has 0 aliphatic carbocycles. The number of carbonyl (C=O) groups excluding carboxylic acids is 2. The van der Waals surface area contributed by atoms with Crippen LogP contribution in [0.5, 0.6) is 0 Å². The van der Waals surface area contributed by atoms with Crippen LogP contribution in [-0.4, -0.2) is 24.1 Å². The van der Waals surface area contributed by atoms with E-state index in [2.05, 4.69) is 16.0 Å². The third-order valence-electron chi connectivity index (χ3n) is 5.35. The van der Waals surface area contributed by atoms with Gasteiger partial charge in [-0.3, -0.25) is 4.79 Å². The van der Waals surface area contributed by atoms with Crippen LogP contribution in [0.15, 0.2) is 84.4 Å². The molecule has 1 atom stereocenters. The lowest BCUT2D eigenvalue weighted by Gasteiger charge is -2.32. The average Bonchev–Trinajstić information content (AvgIpc) is 2.85. The van der Waals surface area contributed by atoms with Crippen LogP contribution in [0, 0.1) is 6.92 Å². The van der Waals surface area contributed by atoms with E-state index in [4.69, 9.17) is 17.0 Å². The molecule has 1 heterocycles. The number of hydrogen-bond donors (Lipinski definition) is 3. The minimum atomic E-state index is -0.522. The number of rotatable bonds is 5. The van der Waals surface area contributed by atoms with Crippen molar-refractivity contribution in [2.45, 2.75) is 13.0 Å². The SMILES string of the molecule is COC(=O)c1ccc([C@@H]2NC(=S)NC(c3ccccc3)=C2C(=O)Nc2ccc(C)cc2)cc1. The Morgan fingerprint density at radius 1 is 0.939 bits per heavy atom. The molecule has 4 rings (SSSR count). The van der Waals surface area contributed by atoms with E-state index < -0.39 is 12.0 Å². The van der Waals surface area contributed by atoms with Gasteiger partial charge in [-0.2, -0.15) is 0 Å². The minimum absolute atomic E-state index is 0.262. The molecule has 33 heavy (non-hydrogen) atoms. The monoisotopic (exact) mass is 457 g/mol. The van der Waals surface area contributed by atoms with Crippen molar-refractivity contribution in [1.82, 2.24) is 10.6 Å². The van der Waals surface area contributed by atoms with Crippen molar-refractivity contribution < 1.29 is 14.3 Å². The van der Waals surface area contributed by atoms with E-state index in [1.54, 1.807) is 24.3 Å². The van der Waals surface area contributed by atoms with Crippen LogP contribution < -0.4 is 16.0 Å². The quantitative estimate of drug-likeness (QED) is 0.391. The van der Waals surface area contributed by atoms with Gasteiger partial charge in [0.05, 0.1) is 30.0 Å². The lowest BCUT2D eigenvalue weighted by Crippen LogP contribution is -2.45. The summed E-state index contributed by atoms with van der Waals surface area (Å²) in [5.41, 5.74) is 4.97. The molecule has 1 aliphatic heterocycles. The highest BCUT2D eigenvalue weighted by Crippen LogP contribution is 2.32. The zero-order chi connectivity index (χ0) is 23.4. The molecule has 0 aromatic heterocycles. The standard InChI is InChI=1S/C26H23N3O3S/c1-16-8-14-20(15-9-16)27-24(30)21-22(17-6-4-3-5-7-17)28-26(33)29-23(21)18-10-12-19(13-11-18)25(31)32-2/h3-15,23H,1-2H3,(H,27,30)(H2,28,29,33)/t23-/m0/s1. The summed E-state index contributed by atoms with van der Waals surface area (Å²) >= 11 is 5.47. The summed E-state index contributed by atoms with van der Waals surface area (Å²) in [6, 6.07) is 23.6. The van der Waals surface area contributed by atoms with Gasteiger partial charge in [0.15, 0.2) is 5.11 Å². The second kappa shape index (κ2) is 9.67. The van der Waals surface area contributed by atoms with Crippen molar-refractivity contribution in [2.75, 3.05) is 12.4 Å². The Morgan fingerprint density at radius 2 is 1.61 bits per heavy atom. The number of nitrogens with one attached hydrogen (secondary N) is 3. The molecule has 7 heteroatoms. The zero-order valence-electron chi connectivity index (χ0n) is 18.2. The third kappa shape index (κ3) is 4.94. The smallest absolute Gasteiger partial charge is 0.337 e. The molecule has 0 saturated carbocycles. The van der Waals surface area contributed by atoms with Gasteiger partial charge >= 0.3 is 5.97 Å². The predicted octanol–water partition coefficient (Wildman–Crippen LogP) is 4.35. The van der Waals surface area contributed by atoms with E-state index in [9.17, 15) is 9.59 Å². The highest BCUT2D eigenvalue weighted by atomic mass is 32.1. The van der Waals surface area contributed by atoms with Crippen LogP contribution >= 0.6 is 12.2 Å². The molecule has 0 unspecified atom stereocenters. The first-order valence-electron chi connectivity index (χ1n) is 10.4. The molecule has 0 saturated heterocycles. The highest BCUT2D eigenvalue weighted by Gasteiger charge is 2.32. The molecule has 0 bridgehead atoms. The van der Waals surface area contributed by atoms with E-state index in [0.717, 1.165) is 16.7 Å². The molecular weight excluding hydrogens is 434 g/mol. The second-order valence-corrected chi connectivity index (χ2v) is 8.03. The lowest BCUT2D eigenvalue weighted by molar-refractivity contribution is -0.113. The number of benzene rings is 3. The van der Waals surface area contributed by atoms with Gasteiger partial charge < -0.3 is 20.7 Å². The highest BCUT2D eigenvalue weighted by molar-refractivity contribution is 7.80. The van der Waals surface area contributed by atoms with Gasteiger partial charge in [0.1, 0.15) is 0 Å². The fourth-order valence-electron chi connectivity index (χ4n) is 3.66. The fraction of sp³-hybridized carbons (Fsp3) is 0.115. The largest absolute Gasteiger partial charge is 0.465 e. The Labute approximate surface area is 197 Å². The average molecular weight is 458 g/mol. The molecule has 3 aromatic rings. The number of thiocarbonyl (C=S) groups is 1. The van der Waals surface area contributed by atoms with E-state index in [1.165, 1.54) is 7.11 Å². The summed E-state index contributed by atoms with van der Waals surface area (Å²) in [7, 11) is 1.34. The van der Waals surface area contributed by atoms with Gasteiger partial charge in [0.25, 0.3) is 5.91 Å². The number of methoxy groups -OCH3 is 1. The summed E-state index contributed by atoms with van der Waals surface area (Å²) in [5, 5.41) is 9.77. The maximum absolute atomic E-state index is 13.6. The van der Waals surface area contributed by atoms with Crippen molar-refractivity contribution in [3.63, 3.8) is 0 Å². The van der Waals surface area contributed by atoms with Crippen molar-refractivity contribution >= 4 is 40.6 Å². The zero-order valence-corrected chi connectivity index (χ0v) is 19.0. The third-order valence-corrected chi connectivity index (χ3v) is 5.57.